The Morgan fingerprint density at radius 1 is 1.19 bits per heavy atom. The minimum absolute atomic E-state index is 0.0595. The predicted molar refractivity (Wildman–Crippen MR) is 92.8 cm³/mol. The molecule has 2 aromatic heterocycles. The highest BCUT2D eigenvalue weighted by molar-refractivity contribution is 5.60. The normalized spacial score (nSPS) is 12.8. The Morgan fingerprint density at radius 2 is 2.00 bits per heavy atom. The molecule has 0 bridgehead atoms. The molecule has 0 saturated carbocycles. The van der Waals surface area contributed by atoms with Gasteiger partial charge in [-0.2, -0.15) is 18.2 Å². The Morgan fingerprint density at radius 3 is 2.67 bits per heavy atom. The van der Waals surface area contributed by atoms with Gasteiger partial charge in [0.05, 0.1) is 11.1 Å². The van der Waals surface area contributed by atoms with Gasteiger partial charge in [0.1, 0.15) is 5.82 Å². The van der Waals surface area contributed by atoms with Crippen molar-refractivity contribution >= 4 is 5.82 Å². The van der Waals surface area contributed by atoms with Gasteiger partial charge < -0.3 is 14.9 Å². The second-order valence-corrected chi connectivity index (χ2v) is 5.99. The average Bonchev–Trinajstić information content (AvgIpc) is 3.12. The van der Waals surface area contributed by atoms with Crippen molar-refractivity contribution < 1.29 is 22.8 Å². The molecule has 0 unspecified atom stereocenters. The van der Waals surface area contributed by atoms with Gasteiger partial charge in [0.25, 0.3) is 5.89 Å². The molecule has 0 aliphatic rings. The van der Waals surface area contributed by atoms with Crippen molar-refractivity contribution in [1.82, 2.24) is 15.1 Å². The first-order valence-corrected chi connectivity index (χ1v) is 8.22. The van der Waals surface area contributed by atoms with Crippen LogP contribution in [0.1, 0.15) is 18.9 Å². The smallest absolute Gasteiger partial charge is 0.396 e. The van der Waals surface area contributed by atoms with E-state index >= 15 is 0 Å². The first kappa shape index (κ1) is 18.8. The van der Waals surface area contributed by atoms with E-state index in [1.165, 1.54) is 18.3 Å². The van der Waals surface area contributed by atoms with Crippen LogP contribution < -0.4 is 5.32 Å². The summed E-state index contributed by atoms with van der Waals surface area (Å²) in [6.45, 7) is 2.00. The van der Waals surface area contributed by atoms with Crippen LogP contribution in [-0.2, 0) is 6.18 Å². The third-order valence-corrected chi connectivity index (χ3v) is 3.84. The Hall–Kier alpha value is -2.94. The quantitative estimate of drug-likeness (QED) is 0.675. The van der Waals surface area contributed by atoms with Gasteiger partial charge in [0.2, 0.25) is 5.82 Å². The van der Waals surface area contributed by atoms with Crippen molar-refractivity contribution in [1.29, 1.82) is 0 Å². The zero-order chi connectivity index (χ0) is 19.4. The van der Waals surface area contributed by atoms with Crippen LogP contribution in [0.4, 0.5) is 19.0 Å². The summed E-state index contributed by atoms with van der Waals surface area (Å²) in [7, 11) is 0. The van der Waals surface area contributed by atoms with Gasteiger partial charge in [0, 0.05) is 24.4 Å². The van der Waals surface area contributed by atoms with Gasteiger partial charge in [-0.05, 0) is 37.6 Å². The first-order valence-electron chi connectivity index (χ1n) is 8.22. The van der Waals surface area contributed by atoms with Gasteiger partial charge >= 0.3 is 6.18 Å². The monoisotopic (exact) mass is 378 g/mol. The molecule has 142 valence electrons. The summed E-state index contributed by atoms with van der Waals surface area (Å²) < 4.78 is 43.7. The van der Waals surface area contributed by atoms with Crippen molar-refractivity contribution in [3.63, 3.8) is 0 Å². The lowest BCUT2D eigenvalue weighted by atomic mass is 10.1. The molecule has 2 heterocycles. The van der Waals surface area contributed by atoms with E-state index in [-0.39, 0.29) is 29.9 Å². The molecule has 0 radical (unpaired) electrons. The summed E-state index contributed by atoms with van der Waals surface area (Å²) in [6, 6.07) is 8.23. The molecule has 6 nitrogen and oxygen atoms in total. The molecule has 27 heavy (non-hydrogen) atoms. The van der Waals surface area contributed by atoms with Crippen LogP contribution in [0.15, 0.2) is 47.1 Å². The number of rotatable bonds is 6. The summed E-state index contributed by atoms with van der Waals surface area (Å²) in [5.74, 6) is 0.844. The highest BCUT2D eigenvalue weighted by Crippen LogP contribution is 2.32. The Kier molecular flexibility index (Phi) is 5.41. The molecule has 0 spiro atoms. The molecule has 0 aliphatic carbocycles. The van der Waals surface area contributed by atoms with Crippen LogP contribution in [0.5, 0.6) is 0 Å². The third kappa shape index (κ3) is 4.62. The second-order valence-electron chi connectivity index (χ2n) is 5.99. The Bertz CT molecular complexity index is 894. The summed E-state index contributed by atoms with van der Waals surface area (Å²) in [4.78, 5) is 8.39. The average molecular weight is 378 g/mol. The lowest BCUT2D eigenvalue weighted by Gasteiger charge is -2.12. The molecular formula is C18H17F3N4O2. The fourth-order valence-electron chi connectivity index (χ4n) is 2.42. The van der Waals surface area contributed by atoms with E-state index in [9.17, 15) is 13.2 Å². The fourth-order valence-corrected chi connectivity index (χ4v) is 2.42. The van der Waals surface area contributed by atoms with Crippen LogP contribution >= 0.6 is 0 Å². The summed E-state index contributed by atoms with van der Waals surface area (Å²) in [5.41, 5.74) is -0.0228. The number of anilines is 1. The van der Waals surface area contributed by atoms with Gasteiger partial charge in [-0.15, -0.1) is 0 Å². The molecule has 0 aliphatic heterocycles. The van der Waals surface area contributed by atoms with Gasteiger partial charge in [0.15, 0.2) is 0 Å². The minimum Gasteiger partial charge on any atom is -0.396 e. The zero-order valence-electron chi connectivity index (χ0n) is 14.4. The van der Waals surface area contributed by atoms with E-state index in [1.807, 2.05) is 6.92 Å². The van der Waals surface area contributed by atoms with Crippen LogP contribution in [0.25, 0.3) is 22.8 Å². The maximum Gasteiger partial charge on any atom is 0.416 e. The van der Waals surface area contributed by atoms with Crippen LogP contribution in [0.3, 0.4) is 0 Å². The van der Waals surface area contributed by atoms with Gasteiger partial charge in [-0.3, -0.25) is 0 Å². The molecule has 9 heteroatoms. The molecule has 0 saturated heterocycles. The number of nitrogens with zero attached hydrogens (tertiary/aromatic N) is 3. The van der Waals surface area contributed by atoms with Crippen molar-refractivity contribution in [2.45, 2.75) is 25.6 Å². The molecule has 1 atom stereocenters. The topological polar surface area (TPSA) is 84.1 Å². The SMILES string of the molecule is C[C@H](CCO)Nc1ccc(-c2nc(-c3cccc(C(F)(F)F)c3)no2)cn1. The lowest BCUT2D eigenvalue weighted by Crippen LogP contribution is -2.17. The van der Waals surface area contributed by atoms with Gasteiger partial charge in [-0.1, -0.05) is 17.3 Å². The second kappa shape index (κ2) is 7.75. The third-order valence-electron chi connectivity index (χ3n) is 3.84. The number of hydrogen-bond acceptors (Lipinski definition) is 6. The number of nitrogens with one attached hydrogen (secondary N) is 1. The molecule has 0 fully saturated rings. The number of benzene rings is 1. The molecule has 2 N–H and O–H groups in total. The number of alkyl halides is 3. The van der Waals surface area contributed by atoms with E-state index in [0.717, 1.165) is 12.1 Å². The predicted octanol–water partition coefficient (Wildman–Crippen LogP) is 4.00. The standard InChI is InChI=1S/C18H17F3N4O2/c1-11(7-8-26)23-15-6-5-13(10-22-15)17-24-16(25-27-17)12-3-2-4-14(9-12)18(19,20)21/h2-6,9-11,26H,7-8H2,1H3,(H,22,23)/t11-/m1/s1. The fraction of sp³-hybridized carbons (Fsp3) is 0.278. The maximum absolute atomic E-state index is 12.8. The number of hydrogen-bond donors (Lipinski definition) is 2. The van der Waals surface area contributed by atoms with Crippen LogP contribution in [0.2, 0.25) is 0 Å². The number of aliphatic hydroxyl groups is 1. The van der Waals surface area contributed by atoms with Crippen molar-refractivity contribution in [2.24, 2.45) is 0 Å². The number of aromatic nitrogens is 3. The van der Waals surface area contributed by atoms with E-state index in [4.69, 9.17) is 9.63 Å². The van der Waals surface area contributed by atoms with E-state index in [1.54, 1.807) is 12.1 Å². The first-order chi connectivity index (χ1) is 12.9. The molecule has 0 amide bonds. The van der Waals surface area contributed by atoms with E-state index < -0.39 is 11.7 Å². The van der Waals surface area contributed by atoms with Crippen molar-refractivity contribution in [2.75, 3.05) is 11.9 Å². The highest BCUT2D eigenvalue weighted by atomic mass is 19.4. The maximum atomic E-state index is 12.8. The van der Waals surface area contributed by atoms with E-state index in [0.29, 0.717) is 17.8 Å². The number of pyridine rings is 1. The molecular weight excluding hydrogens is 361 g/mol. The summed E-state index contributed by atoms with van der Waals surface area (Å²) in [6.07, 6.45) is -2.33. The highest BCUT2D eigenvalue weighted by Gasteiger charge is 2.30. The Labute approximate surface area is 153 Å². The molecule has 3 aromatic rings. The minimum atomic E-state index is -4.44. The van der Waals surface area contributed by atoms with Crippen LogP contribution in [-0.4, -0.2) is 32.9 Å². The lowest BCUT2D eigenvalue weighted by molar-refractivity contribution is -0.137. The Balaban J connectivity index is 1.78. The van der Waals surface area contributed by atoms with E-state index in [2.05, 4.69) is 20.4 Å². The summed E-state index contributed by atoms with van der Waals surface area (Å²) in [5, 5.41) is 15.8. The molecule has 1 aromatic carbocycles. The van der Waals surface area contributed by atoms with Crippen molar-refractivity contribution in [3.8, 4) is 22.8 Å². The zero-order valence-corrected chi connectivity index (χ0v) is 14.4. The van der Waals surface area contributed by atoms with Crippen LogP contribution in [0, 0.1) is 0 Å². The van der Waals surface area contributed by atoms with Crippen molar-refractivity contribution in [3.05, 3.63) is 48.2 Å². The van der Waals surface area contributed by atoms with Gasteiger partial charge in [-0.25, -0.2) is 4.98 Å². The number of halogens is 3. The number of aliphatic hydroxyl groups excluding tert-OH is 1. The summed E-state index contributed by atoms with van der Waals surface area (Å²) >= 11 is 0. The largest absolute Gasteiger partial charge is 0.416 e. The molecule has 3 rings (SSSR count).